The molecule has 2 aliphatic rings. The fourth-order valence-electron chi connectivity index (χ4n) is 3.48. The molecular formula is C15H30N2O. The van der Waals surface area contributed by atoms with Gasteiger partial charge in [-0.25, -0.2) is 0 Å². The van der Waals surface area contributed by atoms with Gasteiger partial charge >= 0.3 is 0 Å². The van der Waals surface area contributed by atoms with Crippen LogP contribution in [0.25, 0.3) is 0 Å². The Bertz CT molecular complexity index is 247. The Hall–Kier alpha value is -0.120. The van der Waals surface area contributed by atoms with Crippen molar-refractivity contribution in [2.24, 2.45) is 11.7 Å². The monoisotopic (exact) mass is 254 g/mol. The van der Waals surface area contributed by atoms with Crippen LogP contribution < -0.4 is 5.73 Å². The summed E-state index contributed by atoms with van der Waals surface area (Å²) in [7, 11) is 0. The van der Waals surface area contributed by atoms with Gasteiger partial charge in [-0.05, 0) is 51.0 Å². The Labute approximate surface area is 112 Å². The summed E-state index contributed by atoms with van der Waals surface area (Å²) in [5.41, 5.74) is 6.34. The Morgan fingerprint density at radius 3 is 2.89 bits per heavy atom. The first-order valence-electron chi connectivity index (χ1n) is 7.82. The first kappa shape index (κ1) is 14.3. The van der Waals surface area contributed by atoms with Gasteiger partial charge in [0.1, 0.15) is 0 Å². The molecule has 1 aliphatic carbocycles. The van der Waals surface area contributed by atoms with E-state index in [2.05, 4.69) is 18.7 Å². The van der Waals surface area contributed by atoms with Gasteiger partial charge in [0.25, 0.3) is 0 Å². The maximum Gasteiger partial charge on any atom is 0.0702 e. The molecule has 1 saturated carbocycles. The molecule has 3 heteroatoms. The van der Waals surface area contributed by atoms with Crippen LogP contribution in [0, 0.1) is 5.92 Å². The number of hydrogen-bond donors (Lipinski definition) is 1. The molecule has 0 aromatic heterocycles. The summed E-state index contributed by atoms with van der Waals surface area (Å²) < 4.78 is 5.93. The molecule has 4 atom stereocenters. The maximum absolute atomic E-state index is 6.34. The summed E-state index contributed by atoms with van der Waals surface area (Å²) in [5, 5.41) is 0. The van der Waals surface area contributed by atoms with Gasteiger partial charge in [0.2, 0.25) is 0 Å². The molecule has 18 heavy (non-hydrogen) atoms. The standard InChI is InChI=1S/C15H30N2O/c1-3-9-18-13-5-4-8-17(11-13)15-10-12(2)6-7-14(15)16/h12-15H,3-11,16H2,1-2H3. The van der Waals surface area contributed by atoms with Crippen molar-refractivity contribution >= 4 is 0 Å². The lowest BCUT2D eigenvalue weighted by Crippen LogP contribution is -2.55. The van der Waals surface area contributed by atoms with Gasteiger partial charge in [0, 0.05) is 25.2 Å². The van der Waals surface area contributed by atoms with E-state index >= 15 is 0 Å². The third kappa shape index (κ3) is 3.69. The minimum absolute atomic E-state index is 0.381. The summed E-state index contributed by atoms with van der Waals surface area (Å²) in [6.07, 6.45) is 7.85. The van der Waals surface area contributed by atoms with E-state index in [1.807, 2.05) is 0 Å². The highest BCUT2D eigenvalue weighted by atomic mass is 16.5. The third-order valence-corrected chi connectivity index (χ3v) is 4.57. The molecule has 0 radical (unpaired) electrons. The van der Waals surface area contributed by atoms with Gasteiger partial charge < -0.3 is 10.5 Å². The smallest absolute Gasteiger partial charge is 0.0702 e. The summed E-state index contributed by atoms with van der Waals surface area (Å²) in [4.78, 5) is 2.62. The highest BCUT2D eigenvalue weighted by molar-refractivity contribution is 4.90. The number of ether oxygens (including phenoxy) is 1. The Morgan fingerprint density at radius 1 is 1.28 bits per heavy atom. The van der Waals surface area contributed by atoms with E-state index in [0.29, 0.717) is 18.2 Å². The topological polar surface area (TPSA) is 38.5 Å². The Morgan fingerprint density at radius 2 is 2.11 bits per heavy atom. The fourth-order valence-corrected chi connectivity index (χ4v) is 3.48. The largest absolute Gasteiger partial charge is 0.377 e. The average Bonchev–Trinajstić information content (AvgIpc) is 2.39. The minimum Gasteiger partial charge on any atom is -0.377 e. The second kappa shape index (κ2) is 6.88. The summed E-state index contributed by atoms with van der Waals surface area (Å²) >= 11 is 0. The third-order valence-electron chi connectivity index (χ3n) is 4.57. The SMILES string of the molecule is CCCOC1CCCN(C2CC(C)CCC2N)C1. The van der Waals surface area contributed by atoms with E-state index in [-0.39, 0.29) is 0 Å². The van der Waals surface area contributed by atoms with Crippen molar-refractivity contribution in [3.8, 4) is 0 Å². The molecule has 3 nitrogen and oxygen atoms in total. The van der Waals surface area contributed by atoms with Gasteiger partial charge in [0.15, 0.2) is 0 Å². The molecule has 2 fully saturated rings. The highest BCUT2D eigenvalue weighted by Gasteiger charge is 2.33. The number of likely N-dealkylation sites (tertiary alicyclic amines) is 1. The number of rotatable bonds is 4. The highest BCUT2D eigenvalue weighted by Crippen LogP contribution is 2.29. The van der Waals surface area contributed by atoms with E-state index < -0.39 is 0 Å². The normalized spacial score (nSPS) is 38.8. The second-order valence-electron chi connectivity index (χ2n) is 6.28. The predicted octanol–water partition coefficient (Wildman–Crippen LogP) is 2.39. The van der Waals surface area contributed by atoms with Crippen molar-refractivity contribution in [3.05, 3.63) is 0 Å². The predicted molar refractivity (Wildman–Crippen MR) is 75.6 cm³/mol. The lowest BCUT2D eigenvalue weighted by molar-refractivity contribution is -0.0232. The van der Waals surface area contributed by atoms with Crippen LogP contribution in [0.5, 0.6) is 0 Å². The molecule has 0 amide bonds. The zero-order valence-corrected chi connectivity index (χ0v) is 12.1. The molecule has 0 bridgehead atoms. The molecule has 1 aliphatic heterocycles. The summed E-state index contributed by atoms with van der Waals surface area (Å²) in [6, 6.07) is 0.980. The van der Waals surface area contributed by atoms with Gasteiger partial charge in [-0.15, -0.1) is 0 Å². The first-order chi connectivity index (χ1) is 8.70. The van der Waals surface area contributed by atoms with Crippen molar-refractivity contribution in [3.63, 3.8) is 0 Å². The van der Waals surface area contributed by atoms with Crippen molar-refractivity contribution in [1.82, 2.24) is 4.90 Å². The van der Waals surface area contributed by atoms with Crippen LogP contribution in [0.15, 0.2) is 0 Å². The molecule has 4 unspecified atom stereocenters. The van der Waals surface area contributed by atoms with Gasteiger partial charge in [0.05, 0.1) is 6.10 Å². The zero-order valence-electron chi connectivity index (χ0n) is 12.1. The van der Waals surface area contributed by atoms with Crippen molar-refractivity contribution in [2.45, 2.75) is 70.6 Å². The van der Waals surface area contributed by atoms with E-state index in [4.69, 9.17) is 10.5 Å². The van der Waals surface area contributed by atoms with Crippen molar-refractivity contribution in [1.29, 1.82) is 0 Å². The van der Waals surface area contributed by atoms with Gasteiger partial charge in [-0.2, -0.15) is 0 Å². The van der Waals surface area contributed by atoms with Crippen LogP contribution in [0.4, 0.5) is 0 Å². The molecule has 106 valence electrons. The second-order valence-corrected chi connectivity index (χ2v) is 6.28. The number of hydrogen-bond acceptors (Lipinski definition) is 3. The van der Waals surface area contributed by atoms with Crippen molar-refractivity contribution in [2.75, 3.05) is 19.7 Å². The van der Waals surface area contributed by atoms with E-state index in [1.54, 1.807) is 0 Å². The maximum atomic E-state index is 6.34. The van der Waals surface area contributed by atoms with E-state index in [9.17, 15) is 0 Å². The molecule has 0 aromatic rings. The molecule has 0 spiro atoms. The number of nitrogens with two attached hydrogens (primary N) is 1. The molecule has 2 rings (SSSR count). The first-order valence-corrected chi connectivity index (χ1v) is 7.82. The Kier molecular flexibility index (Phi) is 5.46. The van der Waals surface area contributed by atoms with Gasteiger partial charge in [-0.3, -0.25) is 4.90 Å². The lowest BCUT2D eigenvalue weighted by Gasteiger charge is -2.44. The fraction of sp³-hybridized carbons (Fsp3) is 1.00. The molecular weight excluding hydrogens is 224 g/mol. The van der Waals surface area contributed by atoms with Crippen LogP contribution in [0.1, 0.15) is 52.4 Å². The molecule has 1 heterocycles. The summed E-state index contributed by atoms with van der Waals surface area (Å²) in [6.45, 7) is 7.78. The van der Waals surface area contributed by atoms with E-state index in [0.717, 1.165) is 25.5 Å². The molecule has 0 aromatic carbocycles. The lowest BCUT2D eigenvalue weighted by atomic mass is 9.82. The Balaban J connectivity index is 1.86. The number of nitrogens with zero attached hydrogens (tertiary/aromatic N) is 1. The molecule has 1 saturated heterocycles. The van der Waals surface area contributed by atoms with Crippen LogP contribution >= 0.6 is 0 Å². The molecule has 2 N–H and O–H groups in total. The van der Waals surface area contributed by atoms with Crippen LogP contribution in [-0.4, -0.2) is 42.8 Å². The number of piperidine rings is 1. The quantitative estimate of drug-likeness (QED) is 0.837. The van der Waals surface area contributed by atoms with Crippen LogP contribution in [0.2, 0.25) is 0 Å². The van der Waals surface area contributed by atoms with Crippen LogP contribution in [0.3, 0.4) is 0 Å². The minimum atomic E-state index is 0.381. The summed E-state index contributed by atoms with van der Waals surface area (Å²) in [5.74, 6) is 0.840. The zero-order chi connectivity index (χ0) is 13.0. The van der Waals surface area contributed by atoms with Crippen LogP contribution in [-0.2, 0) is 4.74 Å². The average molecular weight is 254 g/mol. The van der Waals surface area contributed by atoms with E-state index in [1.165, 1.54) is 38.6 Å². The van der Waals surface area contributed by atoms with Gasteiger partial charge in [-0.1, -0.05) is 13.8 Å². The van der Waals surface area contributed by atoms with Crippen molar-refractivity contribution < 1.29 is 4.74 Å².